The van der Waals surface area contributed by atoms with E-state index in [9.17, 15) is 9.18 Å². The monoisotopic (exact) mass is 283 g/mol. The van der Waals surface area contributed by atoms with E-state index in [-0.39, 0.29) is 11.5 Å². The van der Waals surface area contributed by atoms with E-state index in [0.717, 1.165) is 16.5 Å². The lowest BCUT2D eigenvalue weighted by atomic mass is 10.0. The molecule has 0 fully saturated rings. The number of carbonyl (C=O) groups is 1. The normalized spacial score (nSPS) is 10.8. The Bertz CT molecular complexity index is 836. The summed E-state index contributed by atoms with van der Waals surface area (Å²) in [7, 11) is 1.38. The molecule has 0 atom stereocenters. The zero-order valence-electron chi connectivity index (χ0n) is 11.7. The SMILES string of the molecule is COc1cc(C(=O)c2c[nH]c3cc(C)ccc23)ccc1F. The maximum absolute atomic E-state index is 13.4. The van der Waals surface area contributed by atoms with Crippen LogP contribution in [0, 0.1) is 12.7 Å². The van der Waals surface area contributed by atoms with Gasteiger partial charge in [-0.1, -0.05) is 12.1 Å². The van der Waals surface area contributed by atoms with Crippen LogP contribution in [0.15, 0.2) is 42.6 Å². The van der Waals surface area contributed by atoms with E-state index >= 15 is 0 Å². The van der Waals surface area contributed by atoms with Crippen molar-refractivity contribution < 1.29 is 13.9 Å². The van der Waals surface area contributed by atoms with Gasteiger partial charge in [0.2, 0.25) is 0 Å². The number of nitrogens with one attached hydrogen (secondary N) is 1. The highest BCUT2D eigenvalue weighted by Crippen LogP contribution is 2.25. The fourth-order valence-corrected chi connectivity index (χ4v) is 2.38. The van der Waals surface area contributed by atoms with Crippen LogP contribution in [-0.2, 0) is 0 Å². The number of carbonyl (C=O) groups excluding carboxylic acids is 1. The summed E-state index contributed by atoms with van der Waals surface area (Å²) in [6.07, 6.45) is 1.68. The van der Waals surface area contributed by atoms with Gasteiger partial charge in [0, 0.05) is 28.2 Å². The van der Waals surface area contributed by atoms with Crippen LogP contribution in [0.25, 0.3) is 10.9 Å². The first kappa shape index (κ1) is 13.4. The summed E-state index contributed by atoms with van der Waals surface area (Å²) < 4.78 is 18.4. The van der Waals surface area contributed by atoms with Crippen LogP contribution < -0.4 is 4.74 Å². The Kier molecular flexibility index (Phi) is 3.22. The number of rotatable bonds is 3. The third kappa shape index (κ3) is 2.29. The smallest absolute Gasteiger partial charge is 0.195 e. The fourth-order valence-electron chi connectivity index (χ4n) is 2.38. The number of H-pyrrole nitrogens is 1. The fraction of sp³-hybridized carbons (Fsp3) is 0.118. The highest BCUT2D eigenvalue weighted by molar-refractivity contribution is 6.16. The summed E-state index contributed by atoms with van der Waals surface area (Å²) in [5.41, 5.74) is 2.99. The van der Waals surface area contributed by atoms with Gasteiger partial charge in [0.1, 0.15) is 0 Å². The van der Waals surface area contributed by atoms with Crippen LogP contribution in [0.4, 0.5) is 4.39 Å². The molecule has 0 saturated carbocycles. The van der Waals surface area contributed by atoms with Crippen molar-refractivity contribution in [2.24, 2.45) is 0 Å². The Morgan fingerprint density at radius 3 is 2.76 bits per heavy atom. The minimum atomic E-state index is -0.483. The molecular formula is C17H14FNO2. The van der Waals surface area contributed by atoms with Crippen LogP contribution in [0.3, 0.4) is 0 Å². The van der Waals surface area contributed by atoms with Gasteiger partial charge in [-0.25, -0.2) is 4.39 Å². The van der Waals surface area contributed by atoms with Crippen LogP contribution in [0.5, 0.6) is 5.75 Å². The summed E-state index contributed by atoms with van der Waals surface area (Å²) in [5, 5.41) is 0.855. The van der Waals surface area contributed by atoms with Gasteiger partial charge in [-0.2, -0.15) is 0 Å². The van der Waals surface area contributed by atoms with E-state index in [1.165, 1.54) is 25.3 Å². The van der Waals surface area contributed by atoms with E-state index in [2.05, 4.69) is 4.98 Å². The molecule has 3 nitrogen and oxygen atoms in total. The van der Waals surface area contributed by atoms with E-state index < -0.39 is 5.82 Å². The maximum Gasteiger partial charge on any atom is 0.195 e. The van der Waals surface area contributed by atoms with Gasteiger partial charge >= 0.3 is 0 Å². The van der Waals surface area contributed by atoms with Crippen LogP contribution in [0.2, 0.25) is 0 Å². The van der Waals surface area contributed by atoms with Gasteiger partial charge in [-0.15, -0.1) is 0 Å². The van der Waals surface area contributed by atoms with Gasteiger partial charge in [-0.3, -0.25) is 4.79 Å². The molecule has 4 heteroatoms. The molecule has 0 aliphatic carbocycles. The standard InChI is InChI=1S/C17H14FNO2/c1-10-3-5-12-13(9-19-15(12)7-10)17(20)11-4-6-14(18)16(8-11)21-2/h3-9,19H,1-2H3. The van der Waals surface area contributed by atoms with Gasteiger partial charge in [0.05, 0.1) is 7.11 Å². The zero-order valence-corrected chi connectivity index (χ0v) is 11.7. The average Bonchev–Trinajstić information content (AvgIpc) is 2.89. The molecule has 0 aliphatic heterocycles. The van der Waals surface area contributed by atoms with E-state index in [1.54, 1.807) is 6.20 Å². The second-order valence-corrected chi connectivity index (χ2v) is 4.93. The molecule has 1 N–H and O–H groups in total. The van der Waals surface area contributed by atoms with Crippen molar-refractivity contribution in [2.75, 3.05) is 7.11 Å². The number of aryl methyl sites for hydroxylation is 1. The van der Waals surface area contributed by atoms with Crippen LogP contribution >= 0.6 is 0 Å². The lowest BCUT2D eigenvalue weighted by Crippen LogP contribution is -2.01. The summed E-state index contributed by atoms with van der Waals surface area (Å²) in [4.78, 5) is 15.7. The van der Waals surface area contributed by atoms with Gasteiger partial charge in [0.15, 0.2) is 17.3 Å². The molecule has 106 valence electrons. The zero-order chi connectivity index (χ0) is 15.0. The minimum absolute atomic E-state index is 0.0662. The Morgan fingerprint density at radius 2 is 2.00 bits per heavy atom. The van der Waals surface area contributed by atoms with Crippen molar-refractivity contribution in [3.63, 3.8) is 0 Å². The quantitative estimate of drug-likeness (QED) is 0.742. The van der Waals surface area contributed by atoms with E-state index in [4.69, 9.17) is 4.74 Å². The molecule has 0 spiro atoms. The van der Waals surface area contributed by atoms with E-state index in [1.807, 2.05) is 25.1 Å². The molecule has 0 saturated heterocycles. The second-order valence-electron chi connectivity index (χ2n) is 4.93. The Hall–Kier alpha value is -2.62. The number of hydrogen-bond acceptors (Lipinski definition) is 2. The number of benzene rings is 2. The first-order valence-corrected chi connectivity index (χ1v) is 6.56. The summed E-state index contributed by atoms with van der Waals surface area (Å²) in [6, 6.07) is 9.98. The van der Waals surface area contributed by atoms with E-state index in [0.29, 0.717) is 11.1 Å². The molecular weight excluding hydrogens is 269 g/mol. The van der Waals surface area contributed by atoms with Crippen molar-refractivity contribution in [1.82, 2.24) is 4.98 Å². The number of fused-ring (bicyclic) bond motifs is 1. The van der Waals surface area contributed by atoms with Gasteiger partial charge in [-0.05, 0) is 36.8 Å². The van der Waals surface area contributed by atoms with Crippen molar-refractivity contribution in [3.05, 3.63) is 65.1 Å². The molecule has 3 aromatic rings. The topological polar surface area (TPSA) is 42.1 Å². The molecule has 0 amide bonds. The molecule has 0 radical (unpaired) electrons. The maximum atomic E-state index is 13.4. The third-order valence-corrected chi connectivity index (χ3v) is 3.50. The number of ketones is 1. The summed E-state index contributed by atoms with van der Waals surface area (Å²) >= 11 is 0. The minimum Gasteiger partial charge on any atom is -0.494 e. The van der Waals surface area contributed by atoms with Gasteiger partial charge < -0.3 is 9.72 Å². The van der Waals surface area contributed by atoms with Crippen molar-refractivity contribution in [1.29, 1.82) is 0 Å². The Labute approximate surface area is 121 Å². The van der Waals surface area contributed by atoms with Crippen LogP contribution in [0.1, 0.15) is 21.5 Å². The first-order chi connectivity index (χ1) is 10.1. The molecule has 0 bridgehead atoms. The molecule has 3 rings (SSSR count). The first-order valence-electron chi connectivity index (χ1n) is 6.56. The largest absolute Gasteiger partial charge is 0.494 e. The number of ether oxygens (including phenoxy) is 1. The molecule has 0 unspecified atom stereocenters. The summed E-state index contributed by atoms with van der Waals surface area (Å²) in [5.74, 6) is -0.580. The number of methoxy groups -OCH3 is 1. The predicted octanol–water partition coefficient (Wildman–Crippen LogP) is 3.86. The number of aromatic amines is 1. The lowest BCUT2D eigenvalue weighted by Gasteiger charge is -2.05. The van der Waals surface area contributed by atoms with Crippen molar-refractivity contribution >= 4 is 16.7 Å². The van der Waals surface area contributed by atoms with Crippen molar-refractivity contribution in [3.8, 4) is 5.75 Å². The molecule has 2 aromatic carbocycles. The molecule has 0 aliphatic rings. The summed E-state index contributed by atoms with van der Waals surface area (Å²) in [6.45, 7) is 1.99. The molecule has 21 heavy (non-hydrogen) atoms. The van der Waals surface area contributed by atoms with Crippen LogP contribution in [-0.4, -0.2) is 17.9 Å². The highest BCUT2D eigenvalue weighted by atomic mass is 19.1. The number of halogens is 1. The van der Waals surface area contributed by atoms with Gasteiger partial charge in [0.25, 0.3) is 0 Å². The Morgan fingerprint density at radius 1 is 1.19 bits per heavy atom. The number of aromatic nitrogens is 1. The molecule has 1 aromatic heterocycles. The second kappa shape index (κ2) is 5.05. The highest BCUT2D eigenvalue weighted by Gasteiger charge is 2.16. The lowest BCUT2D eigenvalue weighted by molar-refractivity contribution is 0.104. The van der Waals surface area contributed by atoms with Crippen molar-refractivity contribution in [2.45, 2.75) is 6.92 Å². The molecule has 1 heterocycles. The predicted molar refractivity (Wildman–Crippen MR) is 79.4 cm³/mol. The third-order valence-electron chi connectivity index (χ3n) is 3.50. The number of hydrogen-bond donors (Lipinski definition) is 1. The average molecular weight is 283 g/mol. The Balaban J connectivity index is 2.08.